The van der Waals surface area contributed by atoms with E-state index >= 15 is 0 Å². The first-order valence-electron chi connectivity index (χ1n) is 6.35. The van der Waals surface area contributed by atoms with E-state index in [2.05, 4.69) is 37.4 Å². The molecule has 2 amide bonds. The second kappa shape index (κ2) is 4.98. The molecule has 2 atom stereocenters. The Balaban J connectivity index is 2.11. The summed E-state index contributed by atoms with van der Waals surface area (Å²) < 4.78 is 0. The fourth-order valence-electron chi connectivity index (χ4n) is 2.26. The van der Waals surface area contributed by atoms with E-state index in [4.69, 9.17) is 5.73 Å². The molecule has 1 aliphatic rings. The Labute approximate surface area is 108 Å². The van der Waals surface area contributed by atoms with Gasteiger partial charge in [0.15, 0.2) is 0 Å². The number of rotatable bonds is 3. The smallest absolute Gasteiger partial charge is 0.318 e. The average Bonchev–Trinajstić information content (AvgIpc) is 2.63. The molecule has 1 heterocycles. The quantitative estimate of drug-likeness (QED) is 0.854. The van der Waals surface area contributed by atoms with E-state index in [9.17, 15) is 4.79 Å². The number of hydrogen-bond acceptors (Lipinski definition) is 2. The van der Waals surface area contributed by atoms with Crippen LogP contribution in [-0.4, -0.2) is 30.1 Å². The number of nitrogens with one attached hydrogen (secondary N) is 1. The van der Waals surface area contributed by atoms with Gasteiger partial charge in [0.05, 0.1) is 6.04 Å². The highest BCUT2D eigenvalue weighted by molar-refractivity contribution is 5.77. The lowest BCUT2D eigenvalue weighted by atomic mass is 10.0. The van der Waals surface area contributed by atoms with Crippen LogP contribution in [0.3, 0.4) is 0 Å². The fourth-order valence-corrected chi connectivity index (χ4v) is 2.26. The molecule has 2 rings (SSSR count). The highest BCUT2D eigenvalue weighted by Gasteiger charge is 2.29. The maximum Gasteiger partial charge on any atom is 0.318 e. The lowest BCUT2D eigenvalue weighted by Gasteiger charge is -2.17. The molecule has 0 aromatic heterocycles. The van der Waals surface area contributed by atoms with Crippen LogP contribution in [0.4, 0.5) is 4.79 Å². The van der Waals surface area contributed by atoms with Crippen LogP contribution in [0, 0.1) is 13.8 Å². The van der Waals surface area contributed by atoms with Crippen LogP contribution in [-0.2, 0) is 0 Å². The molecule has 1 aromatic rings. The van der Waals surface area contributed by atoms with Gasteiger partial charge in [0.25, 0.3) is 0 Å². The Hall–Kier alpha value is -1.55. The van der Waals surface area contributed by atoms with Crippen LogP contribution in [0.5, 0.6) is 0 Å². The Bertz CT molecular complexity index is 456. The predicted molar refractivity (Wildman–Crippen MR) is 72.4 cm³/mol. The van der Waals surface area contributed by atoms with Crippen molar-refractivity contribution in [3.8, 4) is 0 Å². The number of benzene rings is 1. The molecule has 0 radical (unpaired) electrons. The number of carbonyl (C=O) groups is 1. The Morgan fingerprint density at radius 2 is 2.17 bits per heavy atom. The summed E-state index contributed by atoms with van der Waals surface area (Å²) in [6.45, 7) is 7.40. The monoisotopic (exact) mass is 247 g/mol. The van der Waals surface area contributed by atoms with Crippen molar-refractivity contribution in [1.82, 2.24) is 10.2 Å². The van der Waals surface area contributed by atoms with Gasteiger partial charge in [-0.25, -0.2) is 4.79 Å². The number of nitrogens with two attached hydrogens (primary N) is 1. The molecule has 18 heavy (non-hydrogen) atoms. The molecule has 0 spiro atoms. The zero-order chi connectivity index (χ0) is 13.3. The summed E-state index contributed by atoms with van der Waals surface area (Å²) in [5.74, 6) is 0. The molecule has 1 aromatic carbocycles. The van der Waals surface area contributed by atoms with Crippen molar-refractivity contribution in [2.24, 2.45) is 5.73 Å². The van der Waals surface area contributed by atoms with Crippen molar-refractivity contribution < 1.29 is 4.79 Å². The third-order valence-electron chi connectivity index (χ3n) is 3.43. The van der Waals surface area contributed by atoms with Gasteiger partial charge in [-0.15, -0.1) is 0 Å². The summed E-state index contributed by atoms with van der Waals surface area (Å²) in [7, 11) is 0. The summed E-state index contributed by atoms with van der Waals surface area (Å²) in [5.41, 5.74) is 9.44. The number of nitrogens with zero attached hydrogens (tertiary/aromatic N) is 1. The maximum atomic E-state index is 11.8. The number of amides is 2. The lowest BCUT2D eigenvalue weighted by Crippen LogP contribution is -2.37. The van der Waals surface area contributed by atoms with Gasteiger partial charge >= 0.3 is 6.03 Å². The van der Waals surface area contributed by atoms with E-state index in [-0.39, 0.29) is 18.1 Å². The topological polar surface area (TPSA) is 58.4 Å². The van der Waals surface area contributed by atoms with Gasteiger partial charge in [-0.1, -0.05) is 18.2 Å². The lowest BCUT2D eigenvalue weighted by molar-refractivity contribution is 0.215. The summed E-state index contributed by atoms with van der Waals surface area (Å²) in [6.07, 6.45) is 0. The first-order chi connectivity index (χ1) is 8.47. The molecule has 1 aliphatic heterocycles. The maximum absolute atomic E-state index is 11.8. The van der Waals surface area contributed by atoms with Crippen LogP contribution in [0.25, 0.3) is 0 Å². The van der Waals surface area contributed by atoms with Crippen LogP contribution in [0.15, 0.2) is 18.2 Å². The normalized spacial score (nSPS) is 21.0. The predicted octanol–water partition coefficient (Wildman–Crippen LogP) is 1.72. The Kier molecular flexibility index (Phi) is 3.57. The zero-order valence-corrected chi connectivity index (χ0v) is 11.2. The third-order valence-corrected chi connectivity index (χ3v) is 3.43. The second-order valence-electron chi connectivity index (χ2n) is 5.23. The molecule has 0 aliphatic carbocycles. The summed E-state index contributed by atoms with van der Waals surface area (Å²) in [4.78, 5) is 13.6. The van der Waals surface area contributed by atoms with E-state index in [0.29, 0.717) is 13.1 Å². The Morgan fingerprint density at radius 3 is 2.78 bits per heavy atom. The molecular weight excluding hydrogens is 226 g/mol. The van der Waals surface area contributed by atoms with Crippen LogP contribution in [0.2, 0.25) is 0 Å². The van der Waals surface area contributed by atoms with Gasteiger partial charge in [-0.2, -0.15) is 0 Å². The van der Waals surface area contributed by atoms with Crippen molar-refractivity contribution in [2.75, 3.05) is 13.1 Å². The van der Waals surface area contributed by atoms with Crippen molar-refractivity contribution >= 4 is 6.03 Å². The van der Waals surface area contributed by atoms with Gasteiger partial charge < -0.3 is 16.0 Å². The molecule has 3 N–H and O–H groups in total. The van der Waals surface area contributed by atoms with Crippen molar-refractivity contribution in [3.05, 3.63) is 34.9 Å². The largest absolute Gasteiger partial charge is 0.329 e. The Morgan fingerprint density at radius 1 is 1.44 bits per heavy atom. The SMILES string of the molecule is Cc1ccc(C2CN(CC(C)N)C(=O)N2)cc1C. The van der Waals surface area contributed by atoms with Crippen LogP contribution < -0.4 is 11.1 Å². The van der Waals surface area contributed by atoms with Gasteiger partial charge in [0, 0.05) is 19.1 Å². The number of carbonyl (C=O) groups excluding carboxylic acids is 1. The number of aryl methyl sites for hydroxylation is 2. The van der Waals surface area contributed by atoms with E-state index in [1.807, 2.05) is 6.92 Å². The summed E-state index contributed by atoms with van der Waals surface area (Å²) in [6, 6.07) is 6.41. The van der Waals surface area contributed by atoms with E-state index in [1.54, 1.807) is 4.90 Å². The van der Waals surface area contributed by atoms with Gasteiger partial charge in [0.2, 0.25) is 0 Å². The molecule has 1 fully saturated rings. The molecule has 4 heteroatoms. The highest BCUT2D eigenvalue weighted by atomic mass is 16.2. The number of hydrogen-bond donors (Lipinski definition) is 2. The molecule has 1 saturated heterocycles. The van der Waals surface area contributed by atoms with Gasteiger partial charge in [-0.05, 0) is 37.5 Å². The molecule has 0 bridgehead atoms. The first-order valence-corrected chi connectivity index (χ1v) is 6.35. The minimum atomic E-state index is -0.0180. The minimum absolute atomic E-state index is 0.00857. The van der Waals surface area contributed by atoms with Crippen LogP contribution in [0.1, 0.15) is 29.7 Å². The minimum Gasteiger partial charge on any atom is -0.329 e. The molecule has 4 nitrogen and oxygen atoms in total. The highest BCUT2D eigenvalue weighted by Crippen LogP contribution is 2.22. The molecule has 98 valence electrons. The zero-order valence-electron chi connectivity index (χ0n) is 11.2. The van der Waals surface area contributed by atoms with Gasteiger partial charge in [0.1, 0.15) is 0 Å². The van der Waals surface area contributed by atoms with Gasteiger partial charge in [-0.3, -0.25) is 0 Å². The molecular formula is C14H21N3O. The van der Waals surface area contributed by atoms with E-state index < -0.39 is 0 Å². The summed E-state index contributed by atoms with van der Waals surface area (Å²) in [5, 5.41) is 3.00. The first kappa shape index (κ1) is 12.9. The second-order valence-corrected chi connectivity index (χ2v) is 5.23. The van der Waals surface area contributed by atoms with Crippen molar-refractivity contribution in [3.63, 3.8) is 0 Å². The standard InChI is InChI=1S/C14H21N3O/c1-9-4-5-12(6-10(9)2)13-8-17(7-11(3)15)14(18)16-13/h4-6,11,13H,7-8,15H2,1-3H3,(H,16,18). The fraction of sp³-hybridized carbons (Fsp3) is 0.500. The van der Waals surface area contributed by atoms with Crippen molar-refractivity contribution in [2.45, 2.75) is 32.9 Å². The van der Waals surface area contributed by atoms with E-state index in [0.717, 1.165) is 0 Å². The summed E-state index contributed by atoms with van der Waals surface area (Å²) >= 11 is 0. The average molecular weight is 247 g/mol. The van der Waals surface area contributed by atoms with E-state index in [1.165, 1.54) is 16.7 Å². The molecule has 2 unspecified atom stereocenters. The number of urea groups is 1. The third kappa shape index (κ3) is 2.64. The van der Waals surface area contributed by atoms with Crippen LogP contribution >= 0.6 is 0 Å². The van der Waals surface area contributed by atoms with Crippen molar-refractivity contribution in [1.29, 1.82) is 0 Å². The molecule has 0 saturated carbocycles.